The summed E-state index contributed by atoms with van der Waals surface area (Å²) in [7, 11) is -3.22. The topological polar surface area (TPSA) is 78.1 Å². The first-order chi connectivity index (χ1) is 15.3. The number of nitrogens with zero attached hydrogens (tertiary/aromatic N) is 2. The van der Waals surface area contributed by atoms with Crippen molar-refractivity contribution in [3.05, 3.63) is 77.1 Å². The van der Waals surface area contributed by atoms with Gasteiger partial charge in [-0.25, -0.2) is 17.8 Å². The lowest BCUT2D eigenvalue weighted by Crippen LogP contribution is -2.35. The fourth-order valence-corrected chi connectivity index (χ4v) is 5.00. The summed E-state index contributed by atoms with van der Waals surface area (Å²) in [5.74, 6) is 0.383. The molecule has 0 unspecified atom stereocenters. The molecule has 4 aromatic rings. The highest BCUT2D eigenvalue weighted by atomic mass is 32.2. The van der Waals surface area contributed by atoms with Crippen LogP contribution in [0.1, 0.15) is 16.7 Å². The number of hydrogen-bond donors (Lipinski definition) is 2. The fourth-order valence-electron chi connectivity index (χ4n) is 4.20. The maximum atomic E-state index is 13.6. The number of sulfonamides is 1. The van der Waals surface area contributed by atoms with E-state index in [1.54, 1.807) is 6.07 Å². The van der Waals surface area contributed by atoms with Crippen LogP contribution in [0.3, 0.4) is 0 Å². The summed E-state index contributed by atoms with van der Waals surface area (Å²) in [5.41, 5.74) is 7.37. The van der Waals surface area contributed by atoms with Crippen molar-refractivity contribution in [3.8, 4) is 11.4 Å². The molecule has 5 rings (SSSR count). The van der Waals surface area contributed by atoms with Crippen molar-refractivity contribution in [2.45, 2.75) is 19.9 Å². The smallest absolute Gasteiger partial charge is 0.211 e. The van der Waals surface area contributed by atoms with Crippen LogP contribution in [-0.4, -0.2) is 35.5 Å². The van der Waals surface area contributed by atoms with Crippen LogP contribution in [0.5, 0.6) is 0 Å². The fraction of sp³-hybridized carbons (Fsp3) is 0.208. The number of fused-ring (bicyclic) bond motifs is 2. The van der Waals surface area contributed by atoms with Gasteiger partial charge >= 0.3 is 0 Å². The molecule has 6 nitrogen and oxygen atoms in total. The maximum absolute atomic E-state index is 13.6. The highest BCUT2D eigenvalue weighted by molar-refractivity contribution is 7.88. The highest BCUT2D eigenvalue weighted by Crippen LogP contribution is 2.32. The van der Waals surface area contributed by atoms with Gasteiger partial charge in [0, 0.05) is 30.0 Å². The Morgan fingerprint density at radius 3 is 2.78 bits per heavy atom. The molecule has 1 aliphatic rings. The Kier molecular flexibility index (Phi) is 4.98. The van der Waals surface area contributed by atoms with Crippen LogP contribution in [0, 0.1) is 12.7 Å². The van der Waals surface area contributed by atoms with Crippen LogP contribution in [0.2, 0.25) is 0 Å². The second-order valence-corrected chi connectivity index (χ2v) is 10.2. The number of rotatable bonds is 4. The van der Waals surface area contributed by atoms with Gasteiger partial charge in [0.1, 0.15) is 11.6 Å². The van der Waals surface area contributed by atoms with Crippen molar-refractivity contribution >= 4 is 32.4 Å². The number of aromatic nitrogens is 2. The van der Waals surface area contributed by atoms with E-state index in [9.17, 15) is 12.8 Å². The van der Waals surface area contributed by atoms with Gasteiger partial charge < -0.3 is 10.3 Å². The molecule has 0 aliphatic carbocycles. The average Bonchev–Trinajstić information content (AvgIpc) is 3.17. The Balaban J connectivity index is 1.47. The molecule has 0 atom stereocenters. The average molecular weight is 451 g/mol. The number of anilines is 2. The number of aryl methyl sites for hydroxylation is 1. The van der Waals surface area contributed by atoms with Crippen LogP contribution in [0.15, 0.2) is 54.6 Å². The minimum Gasteiger partial charge on any atom is -0.355 e. The first-order valence-electron chi connectivity index (χ1n) is 10.4. The van der Waals surface area contributed by atoms with Gasteiger partial charge in [0.15, 0.2) is 0 Å². The van der Waals surface area contributed by atoms with E-state index in [0.29, 0.717) is 36.4 Å². The van der Waals surface area contributed by atoms with E-state index in [1.165, 1.54) is 22.7 Å². The second kappa shape index (κ2) is 7.72. The summed E-state index contributed by atoms with van der Waals surface area (Å²) in [6, 6.07) is 16.5. The number of H-pyrrole nitrogens is 1. The Hall–Kier alpha value is -3.23. The number of halogens is 1. The largest absolute Gasteiger partial charge is 0.355 e. The van der Waals surface area contributed by atoms with E-state index in [4.69, 9.17) is 0 Å². The van der Waals surface area contributed by atoms with Crippen molar-refractivity contribution < 1.29 is 12.8 Å². The maximum Gasteiger partial charge on any atom is 0.211 e. The summed E-state index contributed by atoms with van der Waals surface area (Å²) >= 11 is 0. The molecule has 164 valence electrons. The summed E-state index contributed by atoms with van der Waals surface area (Å²) in [5, 5.41) is 3.50. The Labute approximate surface area is 186 Å². The lowest BCUT2D eigenvalue weighted by Gasteiger charge is -2.28. The third-order valence-electron chi connectivity index (χ3n) is 5.92. The molecule has 0 saturated carbocycles. The monoisotopic (exact) mass is 450 g/mol. The number of imidazole rings is 1. The molecule has 2 heterocycles. The zero-order chi connectivity index (χ0) is 22.5. The molecule has 0 amide bonds. The molecule has 8 heteroatoms. The van der Waals surface area contributed by atoms with Crippen LogP contribution in [-0.2, 0) is 23.0 Å². The Bertz CT molecular complexity index is 1450. The summed E-state index contributed by atoms with van der Waals surface area (Å²) in [6.45, 7) is 2.87. The van der Waals surface area contributed by atoms with Gasteiger partial charge in [-0.15, -0.1) is 0 Å². The minimum atomic E-state index is -3.22. The van der Waals surface area contributed by atoms with Gasteiger partial charge in [-0.05, 0) is 66.4 Å². The quantitative estimate of drug-likeness (QED) is 0.471. The Morgan fingerprint density at radius 2 is 1.97 bits per heavy atom. The number of hydrogen-bond acceptors (Lipinski definition) is 4. The van der Waals surface area contributed by atoms with Crippen LogP contribution in [0.4, 0.5) is 15.8 Å². The predicted molar refractivity (Wildman–Crippen MR) is 125 cm³/mol. The lowest BCUT2D eigenvalue weighted by molar-refractivity contribution is 0.395. The molecule has 3 aromatic carbocycles. The van der Waals surface area contributed by atoms with Gasteiger partial charge in [0.05, 0.1) is 17.3 Å². The normalized spacial score (nSPS) is 14.5. The molecule has 0 spiro atoms. The number of benzene rings is 3. The van der Waals surface area contributed by atoms with E-state index in [2.05, 4.69) is 15.3 Å². The SMILES string of the molecule is Cc1ccc(Nc2cccc3c2CCN(S(C)(=O)=O)C3)cc1-c1nc2ccc(F)cc2[nH]1. The van der Waals surface area contributed by atoms with Crippen LogP contribution < -0.4 is 5.32 Å². The predicted octanol–water partition coefficient (Wildman–Crippen LogP) is 4.74. The summed E-state index contributed by atoms with van der Waals surface area (Å²) < 4.78 is 39.0. The Morgan fingerprint density at radius 1 is 1.12 bits per heavy atom. The third-order valence-corrected chi connectivity index (χ3v) is 7.17. The van der Waals surface area contributed by atoms with Crippen molar-refractivity contribution in [2.24, 2.45) is 0 Å². The first-order valence-corrected chi connectivity index (χ1v) is 12.2. The van der Waals surface area contributed by atoms with Gasteiger partial charge in [0.25, 0.3) is 0 Å². The van der Waals surface area contributed by atoms with Crippen molar-refractivity contribution in [1.29, 1.82) is 0 Å². The second-order valence-electron chi connectivity index (χ2n) is 8.19. The highest BCUT2D eigenvalue weighted by Gasteiger charge is 2.24. The molecule has 0 bridgehead atoms. The van der Waals surface area contributed by atoms with Crippen LogP contribution in [0.25, 0.3) is 22.4 Å². The van der Waals surface area contributed by atoms with Crippen LogP contribution >= 0.6 is 0 Å². The van der Waals surface area contributed by atoms with Crippen molar-refractivity contribution in [3.63, 3.8) is 0 Å². The summed E-state index contributed by atoms with van der Waals surface area (Å²) in [6.07, 6.45) is 1.90. The van der Waals surface area contributed by atoms with Gasteiger partial charge in [-0.3, -0.25) is 0 Å². The molecule has 32 heavy (non-hydrogen) atoms. The molecule has 1 aliphatic heterocycles. The molecule has 0 saturated heterocycles. The van der Waals surface area contributed by atoms with Crippen molar-refractivity contribution in [2.75, 3.05) is 18.1 Å². The zero-order valence-electron chi connectivity index (χ0n) is 17.8. The molecular weight excluding hydrogens is 427 g/mol. The third kappa shape index (κ3) is 3.87. The molecule has 0 radical (unpaired) electrons. The van der Waals surface area contributed by atoms with E-state index < -0.39 is 10.0 Å². The van der Waals surface area contributed by atoms with Gasteiger partial charge in [-0.1, -0.05) is 18.2 Å². The summed E-state index contributed by atoms with van der Waals surface area (Å²) in [4.78, 5) is 7.83. The number of nitrogens with one attached hydrogen (secondary N) is 2. The van der Waals surface area contributed by atoms with E-state index in [-0.39, 0.29) is 5.82 Å². The standard InChI is InChI=1S/C24H23FN4O2S/c1-15-6-8-18(13-20(15)24-27-22-9-7-17(25)12-23(22)28-24)26-21-5-3-4-16-14-29(32(2,30)31)11-10-19(16)21/h3-9,12-13,26H,10-11,14H2,1-2H3,(H,27,28). The molecule has 2 N–H and O–H groups in total. The van der Waals surface area contributed by atoms with Gasteiger partial charge in [-0.2, -0.15) is 4.31 Å². The number of aromatic amines is 1. The zero-order valence-corrected chi connectivity index (χ0v) is 18.6. The minimum absolute atomic E-state index is 0.303. The molecule has 1 aromatic heterocycles. The van der Waals surface area contributed by atoms with Gasteiger partial charge in [0.2, 0.25) is 10.0 Å². The van der Waals surface area contributed by atoms with Crippen molar-refractivity contribution in [1.82, 2.24) is 14.3 Å². The lowest BCUT2D eigenvalue weighted by atomic mass is 9.98. The molecular formula is C24H23FN4O2S. The molecule has 0 fully saturated rings. The van der Waals surface area contributed by atoms with E-state index in [0.717, 1.165) is 33.6 Å². The van der Waals surface area contributed by atoms with E-state index >= 15 is 0 Å². The van der Waals surface area contributed by atoms with E-state index in [1.807, 2.05) is 43.3 Å². The first kappa shape index (κ1) is 20.7.